The van der Waals surface area contributed by atoms with Crippen LogP contribution in [0.5, 0.6) is 0 Å². The van der Waals surface area contributed by atoms with Crippen LogP contribution in [0.2, 0.25) is 0 Å². The molecule has 1 amide bonds. The molecule has 0 saturated heterocycles. The minimum absolute atomic E-state index is 0.169. The fourth-order valence-electron chi connectivity index (χ4n) is 1.80. The Kier molecular flexibility index (Phi) is 5.00. The number of hydrogen-bond acceptors (Lipinski definition) is 3. The summed E-state index contributed by atoms with van der Waals surface area (Å²) in [4.78, 5) is 10.9. The molecule has 23 heavy (non-hydrogen) atoms. The van der Waals surface area contributed by atoms with Crippen molar-refractivity contribution in [2.75, 3.05) is 10.7 Å². The molecular formula is C16H14F3N3O. The zero-order valence-electron chi connectivity index (χ0n) is 12.2. The molecule has 0 aromatic heterocycles. The lowest BCUT2D eigenvalue weighted by Gasteiger charge is -2.08. The minimum atomic E-state index is -4.39. The average molecular weight is 321 g/mol. The van der Waals surface area contributed by atoms with Crippen molar-refractivity contribution in [2.45, 2.75) is 13.1 Å². The molecule has 2 aromatic rings. The lowest BCUT2D eigenvalue weighted by Crippen LogP contribution is -2.05. The molecule has 0 fully saturated rings. The van der Waals surface area contributed by atoms with Gasteiger partial charge in [-0.1, -0.05) is 18.2 Å². The van der Waals surface area contributed by atoms with Crippen LogP contribution in [0.1, 0.15) is 18.1 Å². The third-order valence-corrected chi connectivity index (χ3v) is 2.83. The van der Waals surface area contributed by atoms with Crippen LogP contribution in [0.15, 0.2) is 53.6 Å². The highest BCUT2D eigenvalue weighted by Crippen LogP contribution is 2.30. The number of hydrogen-bond donors (Lipinski definition) is 2. The first-order valence-corrected chi connectivity index (χ1v) is 6.68. The van der Waals surface area contributed by atoms with Crippen molar-refractivity contribution in [1.82, 2.24) is 0 Å². The molecule has 2 aromatic carbocycles. The third-order valence-electron chi connectivity index (χ3n) is 2.83. The molecule has 0 aliphatic heterocycles. The number of rotatable bonds is 4. The highest BCUT2D eigenvalue weighted by atomic mass is 19.4. The SMILES string of the molecule is CC(=O)Nc1ccc(/C=N/Nc2cccc(C(F)(F)F)c2)cc1. The molecule has 0 unspecified atom stereocenters. The van der Waals surface area contributed by atoms with Gasteiger partial charge in [0.25, 0.3) is 0 Å². The molecule has 2 rings (SSSR count). The molecule has 0 spiro atoms. The summed E-state index contributed by atoms with van der Waals surface area (Å²) in [6.45, 7) is 1.41. The van der Waals surface area contributed by atoms with Gasteiger partial charge >= 0.3 is 6.18 Å². The van der Waals surface area contributed by atoms with Gasteiger partial charge in [-0.15, -0.1) is 0 Å². The highest BCUT2D eigenvalue weighted by molar-refractivity contribution is 5.89. The molecule has 0 bridgehead atoms. The van der Waals surface area contributed by atoms with Gasteiger partial charge < -0.3 is 5.32 Å². The first-order valence-electron chi connectivity index (χ1n) is 6.68. The normalized spacial score (nSPS) is 11.5. The van der Waals surface area contributed by atoms with Gasteiger partial charge in [-0.25, -0.2) is 0 Å². The van der Waals surface area contributed by atoms with Gasteiger partial charge in [0.15, 0.2) is 0 Å². The molecule has 0 aliphatic rings. The molecule has 4 nitrogen and oxygen atoms in total. The number of carbonyl (C=O) groups excluding carboxylic acids is 1. The fourth-order valence-corrected chi connectivity index (χ4v) is 1.80. The Labute approximate surface area is 131 Å². The van der Waals surface area contributed by atoms with Crippen LogP contribution < -0.4 is 10.7 Å². The van der Waals surface area contributed by atoms with Crippen LogP contribution in [-0.2, 0) is 11.0 Å². The van der Waals surface area contributed by atoms with E-state index in [0.717, 1.165) is 17.7 Å². The van der Waals surface area contributed by atoms with Gasteiger partial charge in [0.2, 0.25) is 5.91 Å². The molecule has 0 saturated carbocycles. The van der Waals surface area contributed by atoms with E-state index in [9.17, 15) is 18.0 Å². The predicted octanol–water partition coefficient (Wildman–Crippen LogP) is 4.11. The lowest BCUT2D eigenvalue weighted by atomic mass is 10.2. The summed E-state index contributed by atoms with van der Waals surface area (Å²) in [5.74, 6) is -0.169. The topological polar surface area (TPSA) is 53.5 Å². The summed E-state index contributed by atoms with van der Waals surface area (Å²) in [6.07, 6.45) is -2.92. The number of nitrogens with one attached hydrogen (secondary N) is 2. The molecule has 0 aliphatic carbocycles. The number of nitrogens with zero attached hydrogens (tertiary/aromatic N) is 1. The summed E-state index contributed by atoms with van der Waals surface area (Å²) in [5, 5.41) is 6.52. The van der Waals surface area contributed by atoms with Crippen molar-refractivity contribution in [3.05, 3.63) is 59.7 Å². The highest BCUT2D eigenvalue weighted by Gasteiger charge is 2.30. The van der Waals surface area contributed by atoms with Gasteiger partial charge in [-0.3, -0.25) is 10.2 Å². The monoisotopic (exact) mass is 321 g/mol. The Morgan fingerprint density at radius 3 is 2.39 bits per heavy atom. The quantitative estimate of drug-likeness (QED) is 0.658. The van der Waals surface area contributed by atoms with E-state index >= 15 is 0 Å². The molecule has 2 N–H and O–H groups in total. The first-order chi connectivity index (χ1) is 10.8. The summed E-state index contributed by atoms with van der Waals surface area (Å²) in [7, 11) is 0. The van der Waals surface area contributed by atoms with E-state index in [1.165, 1.54) is 25.3 Å². The number of anilines is 2. The van der Waals surface area contributed by atoms with Crippen LogP contribution in [0.4, 0.5) is 24.5 Å². The smallest absolute Gasteiger partial charge is 0.326 e. The third kappa shape index (κ3) is 5.14. The predicted molar refractivity (Wildman–Crippen MR) is 83.4 cm³/mol. The van der Waals surface area contributed by atoms with Crippen molar-refractivity contribution < 1.29 is 18.0 Å². The van der Waals surface area contributed by atoms with E-state index in [2.05, 4.69) is 15.8 Å². The van der Waals surface area contributed by atoms with Crippen molar-refractivity contribution in [3.8, 4) is 0 Å². The maximum absolute atomic E-state index is 12.6. The van der Waals surface area contributed by atoms with Crippen LogP contribution in [0.3, 0.4) is 0 Å². The van der Waals surface area contributed by atoms with Gasteiger partial charge in [0.1, 0.15) is 0 Å². The largest absolute Gasteiger partial charge is 0.416 e. The second-order valence-corrected chi connectivity index (χ2v) is 4.75. The molecular weight excluding hydrogens is 307 g/mol. The van der Waals surface area contributed by atoms with Crippen molar-refractivity contribution >= 4 is 23.5 Å². The number of alkyl halides is 3. The molecule has 0 heterocycles. The Morgan fingerprint density at radius 1 is 1.09 bits per heavy atom. The van der Waals surface area contributed by atoms with E-state index in [0.29, 0.717) is 5.69 Å². The summed E-state index contributed by atoms with van der Waals surface area (Å²) in [6, 6.07) is 11.6. The second-order valence-electron chi connectivity index (χ2n) is 4.75. The maximum atomic E-state index is 12.6. The van der Waals surface area contributed by atoms with Gasteiger partial charge in [0.05, 0.1) is 17.5 Å². The summed E-state index contributed by atoms with van der Waals surface area (Å²) in [5.41, 5.74) is 3.44. The zero-order chi connectivity index (χ0) is 16.9. The van der Waals surface area contributed by atoms with Crippen LogP contribution in [0.25, 0.3) is 0 Å². The first kappa shape index (κ1) is 16.5. The van der Waals surface area contributed by atoms with Crippen molar-refractivity contribution in [1.29, 1.82) is 0 Å². The van der Waals surface area contributed by atoms with E-state index in [-0.39, 0.29) is 11.6 Å². The Morgan fingerprint density at radius 2 is 1.78 bits per heavy atom. The number of hydrazone groups is 1. The van der Waals surface area contributed by atoms with E-state index in [1.807, 2.05) is 0 Å². The molecule has 0 atom stereocenters. The van der Waals surface area contributed by atoms with E-state index in [4.69, 9.17) is 0 Å². The summed E-state index contributed by atoms with van der Waals surface area (Å²) >= 11 is 0. The van der Waals surface area contributed by atoms with Gasteiger partial charge in [-0.05, 0) is 35.9 Å². The number of benzene rings is 2. The fraction of sp³-hybridized carbons (Fsp3) is 0.125. The zero-order valence-corrected chi connectivity index (χ0v) is 12.2. The number of carbonyl (C=O) groups is 1. The number of amides is 1. The van der Waals surface area contributed by atoms with Crippen molar-refractivity contribution in [2.24, 2.45) is 5.10 Å². The average Bonchev–Trinajstić information content (AvgIpc) is 2.48. The van der Waals surface area contributed by atoms with Crippen molar-refractivity contribution in [3.63, 3.8) is 0 Å². The van der Waals surface area contributed by atoms with Gasteiger partial charge in [-0.2, -0.15) is 18.3 Å². The Balaban J connectivity index is 2.00. The standard InChI is InChI=1S/C16H14F3N3O/c1-11(23)21-14-7-5-12(6-8-14)10-20-22-15-4-2-3-13(9-15)16(17,18)19/h2-10,22H,1H3,(H,21,23)/b20-10+. The second kappa shape index (κ2) is 6.95. The Hall–Kier alpha value is -2.83. The van der Waals surface area contributed by atoms with Crippen LogP contribution in [-0.4, -0.2) is 12.1 Å². The molecule has 7 heteroatoms. The summed E-state index contributed by atoms with van der Waals surface area (Å²) < 4.78 is 37.8. The maximum Gasteiger partial charge on any atom is 0.416 e. The minimum Gasteiger partial charge on any atom is -0.326 e. The van der Waals surface area contributed by atoms with E-state index in [1.54, 1.807) is 24.3 Å². The Bertz CT molecular complexity index is 709. The number of halogens is 3. The molecule has 0 radical (unpaired) electrons. The van der Waals surface area contributed by atoms with E-state index < -0.39 is 11.7 Å². The van der Waals surface area contributed by atoms with Crippen LogP contribution in [0, 0.1) is 0 Å². The van der Waals surface area contributed by atoms with Gasteiger partial charge in [0, 0.05) is 12.6 Å². The molecule has 120 valence electrons. The van der Waals surface area contributed by atoms with Crippen LogP contribution >= 0.6 is 0 Å². The lowest BCUT2D eigenvalue weighted by molar-refractivity contribution is -0.137.